The molecule has 4 rings (SSSR count). The molecule has 0 bridgehead atoms. The number of aryl methyl sites for hydroxylation is 3. The summed E-state index contributed by atoms with van der Waals surface area (Å²) in [6, 6.07) is 21.5. The molecule has 1 N–H and O–H groups in total. The van der Waals surface area contributed by atoms with Crippen molar-refractivity contribution in [1.82, 2.24) is 4.98 Å². The lowest BCUT2D eigenvalue weighted by atomic mass is 10.0. The molecule has 0 atom stereocenters. The minimum absolute atomic E-state index is 0.141. The minimum Gasteiger partial charge on any atom is -0.322 e. The van der Waals surface area contributed by atoms with E-state index in [1.165, 1.54) is 5.56 Å². The van der Waals surface area contributed by atoms with E-state index >= 15 is 0 Å². The zero-order valence-corrected chi connectivity index (χ0v) is 18.0. The van der Waals surface area contributed by atoms with Crippen LogP contribution < -0.4 is 5.32 Å². The van der Waals surface area contributed by atoms with E-state index in [-0.39, 0.29) is 5.91 Å². The highest BCUT2D eigenvalue weighted by Crippen LogP contribution is 2.28. The van der Waals surface area contributed by atoms with Crippen LogP contribution in [0.15, 0.2) is 66.7 Å². The number of carbonyl (C=O) groups excluding carboxylic acids is 1. The number of hydrogen-bond acceptors (Lipinski definition) is 2. The highest BCUT2D eigenvalue weighted by molar-refractivity contribution is 6.30. The molecule has 3 nitrogen and oxygen atoms in total. The van der Waals surface area contributed by atoms with Crippen molar-refractivity contribution in [2.75, 3.05) is 5.32 Å². The fourth-order valence-corrected chi connectivity index (χ4v) is 3.72. The van der Waals surface area contributed by atoms with Crippen LogP contribution in [-0.2, 0) is 6.42 Å². The molecule has 0 aliphatic rings. The predicted molar refractivity (Wildman–Crippen MR) is 125 cm³/mol. The van der Waals surface area contributed by atoms with E-state index < -0.39 is 0 Å². The number of fused-ring (bicyclic) bond motifs is 1. The molecule has 0 fully saturated rings. The van der Waals surface area contributed by atoms with Crippen LogP contribution in [0.1, 0.15) is 34.0 Å². The quantitative estimate of drug-likeness (QED) is 0.391. The van der Waals surface area contributed by atoms with Crippen molar-refractivity contribution in [3.63, 3.8) is 0 Å². The number of nitrogens with one attached hydrogen (secondary N) is 1. The van der Waals surface area contributed by atoms with Crippen molar-refractivity contribution in [2.45, 2.75) is 27.2 Å². The minimum atomic E-state index is -0.141. The van der Waals surface area contributed by atoms with Crippen LogP contribution in [0.25, 0.3) is 22.2 Å². The van der Waals surface area contributed by atoms with E-state index in [1.54, 1.807) is 0 Å². The van der Waals surface area contributed by atoms with Crippen LogP contribution in [0.2, 0.25) is 5.02 Å². The molecule has 4 aromatic rings. The van der Waals surface area contributed by atoms with Gasteiger partial charge in [-0.15, -0.1) is 0 Å². The summed E-state index contributed by atoms with van der Waals surface area (Å²) in [5, 5.41) is 4.61. The molecule has 0 radical (unpaired) electrons. The van der Waals surface area contributed by atoms with Crippen LogP contribution in [-0.4, -0.2) is 10.9 Å². The molecular weight excluding hydrogens is 392 g/mol. The molecule has 1 amide bonds. The van der Waals surface area contributed by atoms with Crippen LogP contribution in [0, 0.1) is 13.8 Å². The summed E-state index contributed by atoms with van der Waals surface area (Å²) in [5.74, 6) is -0.141. The maximum Gasteiger partial charge on any atom is 0.256 e. The number of benzene rings is 3. The largest absolute Gasteiger partial charge is 0.322 e. The summed E-state index contributed by atoms with van der Waals surface area (Å²) >= 11 is 6.04. The second kappa shape index (κ2) is 8.29. The molecule has 150 valence electrons. The molecule has 0 aliphatic heterocycles. The Labute approximate surface area is 181 Å². The molecule has 4 heteroatoms. The van der Waals surface area contributed by atoms with Crippen molar-refractivity contribution in [2.24, 2.45) is 0 Å². The first-order chi connectivity index (χ1) is 14.4. The molecule has 30 heavy (non-hydrogen) atoms. The normalized spacial score (nSPS) is 10.9. The Morgan fingerprint density at radius 2 is 1.73 bits per heavy atom. The number of nitrogens with zero attached hydrogens (tertiary/aromatic N) is 1. The van der Waals surface area contributed by atoms with E-state index in [1.807, 2.05) is 62.4 Å². The lowest BCUT2D eigenvalue weighted by molar-refractivity contribution is 0.102. The molecule has 0 spiro atoms. The number of rotatable bonds is 4. The molecule has 1 heterocycles. The average Bonchev–Trinajstić information content (AvgIpc) is 2.75. The van der Waals surface area contributed by atoms with E-state index in [9.17, 15) is 4.79 Å². The summed E-state index contributed by atoms with van der Waals surface area (Å²) in [6.07, 6.45) is 0.896. The molecule has 0 saturated heterocycles. The third-order valence-electron chi connectivity index (χ3n) is 5.30. The number of anilines is 1. The van der Waals surface area contributed by atoms with Crippen molar-refractivity contribution in [3.8, 4) is 11.3 Å². The molecule has 0 aliphatic carbocycles. The second-order valence-electron chi connectivity index (χ2n) is 7.54. The van der Waals surface area contributed by atoms with Gasteiger partial charge < -0.3 is 5.32 Å². The van der Waals surface area contributed by atoms with Gasteiger partial charge in [-0.05, 0) is 67.8 Å². The molecule has 3 aromatic carbocycles. The zero-order chi connectivity index (χ0) is 21.3. The Kier molecular flexibility index (Phi) is 5.56. The van der Waals surface area contributed by atoms with Gasteiger partial charge in [0.2, 0.25) is 0 Å². The van der Waals surface area contributed by atoms with Gasteiger partial charge in [-0.1, -0.05) is 54.4 Å². The van der Waals surface area contributed by atoms with Crippen LogP contribution in [0.4, 0.5) is 5.69 Å². The van der Waals surface area contributed by atoms with Gasteiger partial charge in [-0.3, -0.25) is 4.79 Å². The SMILES string of the molecule is CCc1ccc2nc(-c3ccc(Cl)cc3)cc(C(=O)Nc3ccc(C)cc3C)c2c1. The number of carbonyl (C=O) groups is 1. The summed E-state index contributed by atoms with van der Waals surface area (Å²) in [5.41, 5.74) is 7.26. The van der Waals surface area contributed by atoms with Crippen LogP contribution in [0.3, 0.4) is 0 Å². The van der Waals surface area contributed by atoms with E-state index in [4.69, 9.17) is 16.6 Å². The van der Waals surface area contributed by atoms with Crippen LogP contribution >= 0.6 is 11.6 Å². The fraction of sp³-hybridized carbons (Fsp3) is 0.154. The summed E-state index contributed by atoms with van der Waals surface area (Å²) in [4.78, 5) is 18.1. The second-order valence-corrected chi connectivity index (χ2v) is 7.98. The zero-order valence-electron chi connectivity index (χ0n) is 17.3. The van der Waals surface area contributed by atoms with Gasteiger partial charge in [0.15, 0.2) is 0 Å². The average molecular weight is 415 g/mol. The van der Waals surface area contributed by atoms with Gasteiger partial charge in [0.25, 0.3) is 5.91 Å². The van der Waals surface area contributed by atoms with Gasteiger partial charge in [-0.25, -0.2) is 4.98 Å². The third-order valence-corrected chi connectivity index (χ3v) is 5.55. The van der Waals surface area contributed by atoms with Gasteiger partial charge in [0.05, 0.1) is 16.8 Å². The standard InChI is InChI=1S/C26H23ClN2O/c1-4-18-6-12-24-21(14-18)22(15-25(28-24)19-7-9-20(27)10-8-19)26(30)29-23-11-5-16(2)13-17(23)3/h5-15H,4H2,1-3H3,(H,29,30). The lowest BCUT2D eigenvalue weighted by Gasteiger charge is -2.13. The Morgan fingerprint density at radius 3 is 2.43 bits per heavy atom. The first-order valence-electron chi connectivity index (χ1n) is 10.0. The highest BCUT2D eigenvalue weighted by Gasteiger charge is 2.16. The first kappa shape index (κ1) is 20.1. The van der Waals surface area contributed by atoms with E-state index in [0.29, 0.717) is 10.6 Å². The van der Waals surface area contributed by atoms with Gasteiger partial charge in [-0.2, -0.15) is 0 Å². The smallest absolute Gasteiger partial charge is 0.256 e. The van der Waals surface area contributed by atoms with Crippen molar-refractivity contribution in [3.05, 3.63) is 94.0 Å². The predicted octanol–water partition coefficient (Wildman–Crippen LogP) is 6.99. The van der Waals surface area contributed by atoms with E-state index in [0.717, 1.165) is 45.4 Å². The highest BCUT2D eigenvalue weighted by atomic mass is 35.5. The lowest BCUT2D eigenvalue weighted by Crippen LogP contribution is -2.14. The fourth-order valence-electron chi connectivity index (χ4n) is 3.59. The van der Waals surface area contributed by atoms with Crippen LogP contribution in [0.5, 0.6) is 0 Å². The Balaban J connectivity index is 1.84. The van der Waals surface area contributed by atoms with E-state index in [2.05, 4.69) is 30.4 Å². The Morgan fingerprint density at radius 1 is 0.967 bits per heavy atom. The number of halogens is 1. The summed E-state index contributed by atoms with van der Waals surface area (Å²) in [7, 11) is 0. The van der Waals surface area contributed by atoms with Crippen molar-refractivity contribution >= 4 is 34.1 Å². The Bertz CT molecular complexity index is 1250. The van der Waals surface area contributed by atoms with Gasteiger partial charge in [0.1, 0.15) is 0 Å². The Hall–Kier alpha value is -3.17. The maximum absolute atomic E-state index is 13.3. The van der Waals surface area contributed by atoms with Gasteiger partial charge in [0, 0.05) is 21.7 Å². The summed E-state index contributed by atoms with van der Waals surface area (Å²) in [6.45, 7) is 6.15. The number of hydrogen-bond donors (Lipinski definition) is 1. The first-order valence-corrected chi connectivity index (χ1v) is 10.4. The molecule has 0 saturated carbocycles. The topological polar surface area (TPSA) is 42.0 Å². The monoisotopic (exact) mass is 414 g/mol. The number of amides is 1. The number of pyridine rings is 1. The maximum atomic E-state index is 13.3. The third kappa shape index (κ3) is 4.07. The molecule has 1 aromatic heterocycles. The van der Waals surface area contributed by atoms with Gasteiger partial charge >= 0.3 is 0 Å². The molecule has 0 unspecified atom stereocenters. The summed E-state index contributed by atoms with van der Waals surface area (Å²) < 4.78 is 0. The van der Waals surface area contributed by atoms with Crippen molar-refractivity contribution in [1.29, 1.82) is 0 Å². The molecular formula is C26H23ClN2O. The van der Waals surface area contributed by atoms with Crippen molar-refractivity contribution < 1.29 is 4.79 Å². The number of aromatic nitrogens is 1.